The lowest BCUT2D eigenvalue weighted by atomic mass is 10.0. The Morgan fingerprint density at radius 2 is 2.21 bits per heavy atom. The Kier molecular flexibility index (Phi) is 3.03. The zero-order valence-electron chi connectivity index (χ0n) is 8.46. The van der Waals surface area contributed by atoms with E-state index in [0.717, 1.165) is 26.1 Å². The molecule has 0 aromatic rings. The zero-order valence-corrected chi connectivity index (χ0v) is 8.46. The summed E-state index contributed by atoms with van der Waals surface area (Å²) >= 11 is 0. The molecule has 2 fully saturated rings. The van der Waals surface area contributed by atoms with Gasteiger partial charge < -0.3 is 16.4 Å². The van der Waals surface area contributed by atoms with Crippen LogP contribution < -0.4 is 16.4 Å². The molecule has 2 unspecified atom stereocenters. The molecule has 1 saturated carbocycles. The van der Waals surface area contributed by atoms with Gasteiger partial charge in [0.1, 0.15) is 0 Å². The van der Waals surface area contributed by atoms with E-state index >= 15 is 0 Å². The average molecular weight is 197 g/mol. The van der Waals surface area contributed by atoms with E-state index in [4.69, 9.17) is 5.73 Å². The van der Waals surface area contributed by atoms with Crippen LogP contribution in [-0.4, -0.2) is 31.6 Å². The van der Waals surface area contributed by atoms with Crippen molar-refractivity contribution in [3.05, 3.63) is 0 Å². The number of amides is 1. The van der Waals surface area contributed by atoms with Crippen LogP contribution in [0.2, 0.25) is 0 Å². The molecule has 1 heterocycles. The maximum Gasteiger partial charge on any atom is 0.225 e. The van der Waals surface area contributed by atoms with E-state index < -0.39 is 0 Å². The highest BCUT2D eigenvalue weighted by atomic mass is 16.2. The molecule has 1 aliphatic carbocycles. The Labute approximate surface area is 84.6 Å². The zero-order chi connectivity index (χ0) is 9.97. The van der Waals surface area contributed by atoms with E-state index in [-0.39, 0.29) is 11.8 Å². The number of rotatable bonds is 3. The summed E-state index contributed by atoms with van der Waals surface area (Å²) in [4.78, 5) is 11.5. The number of nitrogens with one attached hydrogen (secondary N) is 2. The summed E-state index contributed by atoms with van der Waals surface area (Å²) in [6, 6.07) is 0.301. The lowest BCUT2D eigenvalue weighted by molar-refractivity contribution is -0.126. The maximum absolute atomic E-state index is 11.5. The normalized spacial score (nSPS) is 32.6. The van der Waals surface area contributed by atoms with E-state index in [1.807, 2.05) is 0 Å². The molecule has 14 heavy (non-hydrogen) atoms. The highest BCUT2D eigenvalue weighted by molar-refractivity contribution is 5.79. The van der Waals surface area contributed by atoms with Gasteiger partial charge >= 0.3 is 0 Å². The van der Waals surface area contributed by atoms with Crippen molar-refractivity contribution in [3.8, 4) is 0 Å². The highest BCUT2D eigenvalue weighted by Gasteiger charge is 2.27. The minimum absolute atomic E-state index is 0.197. The summed E-state index contributed by atoms with van der Waals surface area (Å²) < 4.78 is 0. The highest BCUT2D eigenvalue weighted by Crippen LogP contribution is 2.23. The molecule has 80 valence electrons. The third-order valence-corrected chi connectivity index (χ3v) is 3.41. The van der Waals surface area contributed by atoms with Crippen LogP contribution in [0.3, 0.4) is 0 Å². The van der Waals surface area contributed by atoms with E-state index in [0.29, 0.717) is 12.0 Å². The Balaban J connectivity index is 1.68. The smallest absolute Gasteiger partial charge is 0.225 e. The Bertz CT molecular complexity index is 215. The molecular formula is C10H19N3O. The predicted molar refractivity (Wildman–Crippen MR) is 54.7 cm³/mol. The minimum Gasteiger partial charge on any atom is -0.355 e. The molecule has 2 aliphatic rings. The summed E-state index contributed by atoms with van der Waals surface area (Å²) in [6.07, 6.45) is 3.50. The van der Waals surface area contributed by atoms with Crippen molar-refractivity contribution in [2.24, 2.45) is 17.6 Å². The monoisotopic (exact) mass is 197 g/mol. The quantitative estimate of drug-likeness (QED) is 0.568. The van der Waals surface area contributed by atoms with Gasteiger partial charge in [-0.2, -0.15) is 0 Å². The van der Waals surface area contributed by atoms with Crippen LogP contribution in [-0.2, 0) is 4.79 Å². The molecule has 1 aliphatic heterocycles. The molecule has 0 spiro atoms. The average Bonchev–Trinajstić information content (AvgIpc) is 2.44. The summed E-state index contributed by atoms with van der Waals surface area (Å²) in [5.74, 6) is 0.905. The van der Waals surface area contributed by atoms with Crippen LogP contribution >= 0.6 is 0 Å². The number of nitrogens with two attached hydrogens (primary N) is 1. The molecule has 0 aromatic heterocycles. The first-order valence-corrected chi connectivity index (χ1v) is 5.51. The predicted octanol–water partition coefficient (Wildman–Crippen LogP) is -0.551. The molecule has 1 amide bonds. The number of carbonyl (C=O) groups excluding carboxylic acids is 1. The molecule has 4 nitrogen and oxygen atoms in total. The van der Waals surface area contributed by atoms with E-state index in [1.165, 1.54) is 12.8 Å². The van der Waals surface area contributed by atoms with Crippen LogP contribution in [0.4, 0.5) is 0 Å². The summed E-state index contributed by atoms with van der Waals surface area (Å²) in [5.41, 5.74) is 5.92. The van der Waals surface area contributed by atoms with Gasteiger partial charge in [-0.1, -0.05) is 6.42 Å². The largest absolute Gasteiger partial charge is 0.355 e. The maximum atomic E-state index is 11.5. The lowest BCUT2D eigenvalue weighted by Crippen LogP contribution is -2.51. The number of hydrogen-bond acceptors (Lipinski definition) is 3. The van der Waals surface area contributed by atoms with Crippen molar-refractivity contribution in [1.29, 1.82) is 0 Å². The van der Waals surface area contributed by atoms with Crippen LogP contribution in [0, 0.1) is 11.8 Å². The van der Waals surface area contributed by atoms with Gasteiger partial charge in [0.2, 0.25) is 5.91 Å². The molecule has 1 saturated heterocycles. The third kappa shape index (κ3) is 2.07. The van der Waals surface area contributed by atoms with Crippen molar-refractivity contribution in [3.63, 3.8) is 0 Å². The van der Waals surface area contributed by atoms with Gasteiger partial charge in [0.25, 0.3) is 0 Å². The second kappa shape index (κ2) is 4.28. The van der Waals surface area contributed by atoms with Crippen LogP contribution in [0.1, 0.15) is 19.3 Å². The number of carbonyl (C=O) groups is 1. The first kappa shape index (κ1) is 9.93. The minimum atomic E-state index is 0.197. The topological polar surface area (TPSA) is 67.1 Å². The lowest BCUT2D eigenvalue weighted by Gasteiger charge is -2.26. The van der Waals surface area contributed by atoms with Crippen molar-refractivity contribution in [2.45, 2.75) is 25.3 Å². The van der Waals surface area contributed by atoms with Gasteiger partial charge in [-0.05, 0) is 18.8 Å². The SMILES string of the molecule is NC1CCCC1CNC(=O)C1CNC1. The van der Waals surface area contributed by atoms with Crippen LogP contribution in [0.5, 0.6) is 0 Å². The molecule has 4 heteroatoms. The van der Waals surface area contributed by atoms with E-state index in [1.54, 1.807) is 0 Å². The van der Waals surface area contributed by atoms with Crippen molar-refractivity contribution < 1.29 is 4.79 Å². The fraction of sp³-hybridized carbons (Fsp3) is 0.900. The summed E-state index contributed by atoms with van der Waals surface area (Å²) in [6.45, 7) is 2.45. The fourth-order valence-corrected chi connectivity index (χ4v) is 2.17. The standard InChI is InChI=1S/C10H19N3O/c11-9-3-1-2-7(9)6-13-10(14)8-4-12-5-8/h7-9,12H,1-6,11H2,(H,13,14). The first-order valence-electron chi connectivity index (χ1n) is 5.51. The second-order valence-electron chi connectivity index (χ2n) is 4.46. The third-order valence-electron chi connectivity index (χ3n) is 3.41. The second-order valence-corrected chi connectivity index (χ2v) is 4.46. The molecule has 2 atom stereocenters. The molecule has 2 rings (SSSR count). The van der Waals surface area contributed by atoms with Gasteiger partial charge in [-0.15, -0.1) is 0 Å². The Hall–Kier alpha value is -0.610. The van der Waals surface area contributed by atoms with Crippen LogP contribution in [0.25, 0.3) is 0 Å². The van der Waals surface area contributed by atoms with Gasteiger partial charge in [0, 0.05) is 25.7 Å². The molecule has 0 radical (unpaired) electrons. The van der Waals surface area contributed by atoms with Crippen molar-refractivity contribution in [1.82, 2.24) is 10.6 Å². The summed E-state index contributed by atoms with van der Waals surface area (Å²) in [7, 11) is 0. The Morgan fingerprint density at radius 3 is 2.71 bits per heavy atom. The van der Waals surface area contributed by atoms with Gasteiger partial charge in [0.15, 0.2) is 0 Å². The van der Waals surface area contributed by atoms with Crippen molar-refractivity contribution >= 4 is 5.91 Å². The van der Waals surface area contributed by atoms with E-state index in [9.17, 15) is 4.79 Å². The molecule has 4 N–H and O–H groups in total. The van der Waals surface area contributed by atoms with Crippen LogP contribution in [0.15, 0.2) is 0 Å². The van der Waals surface area contributed by atoms with Crippen molar-refractivity contribution in [2.75, 3.05) is 19.6 Å². The van der Waals surface area contributed by atoms with Gasteiger partial charge in [0.05, 0.1) is 5.92 Å². The van der Waals surface area contributed by atoms with Gasteiger partial charge in [-0.25, -0.2) is 0 Å². The number of hydrogen-bond donors (Lipinski definition) is 3. The molecule has 0 aromatic carbocycles. The Morgan fingerprint density at radius 1 is 1.43 bits per heavy atom. The fourth-order valence-electron chi connectivity index (χ4n) is 2.17. The van der Waals surface area contributed by atoms with Gasteiger partial charge in [-0.3, -0.25) is 4.79 Å². The summed E-state index contributed by atoms with van der Waals surface area (Å²) in [5, 5.41) is 6.09. The first-order chi connectivity index (χ1) is 6.77. The molecular weight excluding hydrogens is 178 g/mol. The molecule has 0 bridgehead atoms. The van der Waals surface area contributed by atoms with E-state index in [2.05, 4.69) is 10.6 Å².